The summed E-state index contributed by atoms with van der Waals surface area (Å²) >= 11 is 0. The Kier molecular flexibility index (Phi) is 5.03. The van der Waals surface area contributed by atoms with Crippen molar-refractivity contribution in [2.24, 2.45) is 0 Å². The monoisotopic (exact) mass is 267 g/mol. The van der Waals surface area contributed by atoms with Crippen LogP contribution < -0.4 is 14.4 Å². The van der Waals surface area contributed by atoms with Gasteiger partial charge in [-0.3, -0.25) is 4.79 Å². The van der Waals surface area contributed by atoms with E-state index in [0.717, 1.165) is 17.0 Å². The quantitative estimate of drug-likeness (QED) is 0.857. The molecule has 0 amide bonds. The second kappa shape index (κ2) is 6.31. The van der Waals surface area contributed by atoms with Crippen LogP contribution in [0.2, 0.25) is 0 Å². The third-order valence-electron chi connectivity index (χ3n) is 3.21. The van der Waals surface area contributed by atoms with Gasteiger partial charge < -0.3 is 19.5 Å². The Morgan fingerprint density at radius 1 is 1.32 bits per heavy atom. The maximum Gasteiger partial charge on any atom is 0.305 e. The van der Waals surface area contributed by atoms with E-state index in [1.807, 2.05) is 37.9 Å². The molecule has 106 valence electrons. The highest BCUT2D eigenvalue weighted by Crippen LogP contribution is 2.35. The lowest BCUT2D eigenvalue weighted by Gasteiger charge is -2.28. The van der Waals surface area contributed by atoms with Crippen LogP contribution in [-0.4, -0.2) is 38.4 Å². The molecule has 1 atom stereocenters. The summed E-state index contributed by atoms with van der Waals surface area (Å²) < 4.78 is 10.7. The summed E-state index contributed by atoms with van der Waals surface area (Å²) in [5.74, 6) is 0.639. The lowest BCUT2D eigenvalue weighted by molar-refractivity contribution is -0.137. The minimum atomic E-state index is -0.822. The SMILES string of the molecule is COc1cc(N(C)C(C)CC(=O)O)c(OC)cc1C. The summed E-state index contributed by atoms with van der Waals surface area (Å²) in [7, 11) is 5.06. The number of ether oxygens (including phenoxy) is 2. The number of benzene rings is 1. The number of hydrogen-bond donors (Lipinski definition) is 1. The molecule has 0 aliphatic carbocycles. The predicted molar refractivity (Wildman–Crippen MR) is 74.4 cm³/mol. The Morgan fingerprint density at radius 2 is 1.89 bits per heavy atom. The van der Waals surface area contributed by atoms with Crippen LogP contribution in [0.4, 0.5) is 5.69 Å². The van der Waals surface area contributed by atoms with Gasteiger partial charge in [0.1, 0.15) is 11.5 Å². The number of nitrogens with zero attached hydrogens (tertiary/aromatic N) is 1. The molecule has 0 saturated carbocycles. The second-order valence-corrected chi connectivity index (χ2v) is 4.55. The average Bonchev–Trinajstić information content (AvgIpc) is 2.36. The standard InChI is InChI=1S/C14H21NO4/c1-9-6-13(19-5)11(8-12(9)18-4)15(3)10(2)7-14(16)17/h6,8,10H,7H2,1-5H3,(H,16,17). The van der Waals surface area contributed by atoms with Crippen molar-refractivity contribution in [1.82, 2.24) is 0 Å². The molecule has 0 aliphatic heterocycles. The fraction of sp³-hybridized carbons (Fsp3) is 0.500. The van der Waals surface area contributed by atoms with Crippen LogP contribution in [0.15, 0.2) is 12.1 Å². The van der Waals surface area contributed by atoms with Crippen LogP contribution in [0, 0.1) is 6.92 Å². The Hall–Kier alpha value is -1.91. The van der Waals surface area contributed by atoms with Crippen molar-refractivity contribution in [1.29, 1.82) is 0 Å². The van der Waals surface area contributed by atoms with E-state index in [4.69, 9.17) is 14.6 Å². The van der Waals surface area contributed by atoms with E-state index in [-0.39, 0.29) is 12.5 Å². The molecule has 0 aliphatic rings. The molecule has 5 nitrogen and oxygen atoms in total. The van der Waals surface area contributed by atoms with E-state index in [9.17, 15) is 4.79 Å². The molecule has 19 heavy (non-hydrogen) atoms. The Bertz CT molecular complexity index is 459. The van der Waals surface area contributed by atoms with Crippen LogP contribution >= 0.6 is 0 Å². The first kappa shape index (κ1) is 15.1. The van der Waals surface area contributed by atoms with Crippen LogP contribution in [0.3, 0.4) is 0 Å². The van der Waals surface area contributed by atoms with Crippen molar-refractivity contribution < 1.29 is 19.4 Å². The van der Waals surface area contributed by atoms with Gasteiger partial charge in [-0.05, 0) is 25.5 Å². The summed E-state index contributed by atoms with van der Waals surface area (Å²) in [6.45, 7) is 3.80. The van der Waals surface area contributed by atoms with Crippen molar-refractivity contribution in [3.05, 3.63) is 17.7 Å². The number of carboxylic acid groups (broad SMARTS) is 1. The minimum absolute atomic E-state index is 0.0653. The van der Waals surface area contributed by atoms with Gasteiger partial charge in [0, 0.05) is 19.2 Å². The topological polar surface area (TPSA) is 59.0 Å². The molecule has 0 saturated heterocycles. The molecular formula is C14H21NO4. The normalized spacial score (nSPS) is 11.8. The van der Waals surface area contributed by atoms with Crippen LogP contribution in [-0.2, 0) is 4.79 Å². The van der Waals surface area contributed by atoms with Gasteiger partial charge >= 0.3 is 5.97 Å². The molecule has 1 aromatic rings. The van der Waals surface area contributed by atoms with E-state index in [0.29, 0.717) is 5.75 Å². The number of rotatable bonds is 6. The molecule has 1 aromatic carbocycles. The van der Waals surface area contributed by atoms with E-state index in [1.54, 1.807) is 14.2 Å². The van der Waals surface area contributed by atoms with E-state index >= 15 is 0 Å². The number of carboxylic acids is 1. The number of hydrogen-bond acceptors (Lipinski definition) is 4. The van der Waals surface area contributed by atoms with E-state index < -0.39 is 5.97 Å². The first-order valence-corrected chi connectivity index (χ1v) is 6.08. The maximum atomic E-state index is 10.8. The highest BCUT2D eigenvalue weighted by molar-refractivity contribution is 5.70. The first-order valence-electron chi connectivity index (χ1n) is 6.08. The Labute approximate surface area is 113 Å². The predicted octanol–water partition coefficient (Wildman–Crippen LogP) is 2.31. The molecule has 1 rings (SSSR count). The molecule has 0 aromatic heterocycles. The largest absolute Gasteiger partial charge is 0.496 e. The number of aryl methyl sites for hydroxylation is 1. The van der Waals surface area contributed by atoms with Gasteiger partial charge in [0.15, 0.2) is 0 Å². The minimum Gasteiger partial charge on any atom is -0.496 e. The fourth-order valence-electron chi connectivity index (χ4n) is 1.94. The number of methoxy groups -OCH3 is 2. The summed E-state index contributed by atoms with van der Waals surface area (Å²) in [5.41, 5.74) is 1.79. The highest BCUT2D eigenvalue weighted by atomic mass is 16.5. The first-order chi connectivity index (χ1) is 8.90. The molecule has 0 heterocycles. The molecule has 5 heteroatoms. The molecular weight excluding hydrogens is 246 g/mol. The third-order valence-corrected chi connectivity index (χ3v) is 3.21. The van der Waals surface area contributed by atoms with Gasteiger partial charge in [0.05, 0.1) is 26.3 Å². The zero-order chi connectivity index (χ0) is 14.6. The summed E-state index contributed by atoms with van der Waals surface area (Å²) in [4.78, 5) is 12.7. The van der Waals surface area contributed by atoms with Gasteiger partial charge in [0.25, 0.3) is 0 Å². The molecule has 1 N–H and O–H groups in total. The van der Waals surface area contributed by atoms with Gasteiger partial charge in [-0.15, -0.1) is 0 Å². The lowest BCUT2D eigenvalue weighted by Crippen LogP contribution is -2.31. The van der Waals surface area contributed by atoms with E-state index in [1.165, 1.54) is 0 Å². The van der Waals surface area contributed by atoms with E-state index in [2.05, 4.69) is 0 Å². The van der Waals surface area contributed by atoms with Gasteiger partial charge in [0.2, 0.25) is 0 Å². The van der Waals surface area contributed by atoms with Crippen molar-refractivity contribution in [2.45, 2.75) is 26.3 Å². The molecule has 0 radical (unpaired) electrons. The second-order valence-electron chi connectivity index (χ2n) is 4.55. The highest BCUT2D eigenvalue weighted by Gasteiger charge is 2.18. The van der Waals surface area contributed by atoms with Gasteiger partial charge in [-0.1, -0.05) is 0 Å². The molecule has 0 spiro atoms. The van der Waals surface area contributed by atoms with Gasteiger partial charge in [-0.2, -0.15) is 0 Å². The van der Waals surface area contributed by atoms with Crippen LogP contribution in [0.5, 0.6) is 11.5 Å². The zero-order valence-electron chi connectivity index (χ0n) is 12.1. The number of anilines is 1. The van der Waals surface area contributed by atoms with Crippen molar-refractivity contribution in [2.75, 3.05) is 26.2 Å². The zero-order valence-corrected chi connectivity index (χ0v) is 12.1. The lowest BCUT2D eigenvalue weighted by atomic mass is 10.1. The van der Waals surface area contributed by atoms with Crippen LogP contribution in [0.25, 0.3) is 0 Å². The maximum absolute atomic E-state index is 10.8. The average molecular weight is 267 g/mol. The fourth-order valence-corrected chi connectivity index (χ4v) is 1.94. The molecule has 0 fully saturated rings. The summed E-state index contributed by atoms with van der Waals surface area (Å²) in [6, 6.07) is 3.61. The number of aliphatic carboxylic acids is 1. The smallest absolute Gasteiger partial charge is 0.305 e. The van der Waals surface area contributed by atoms with Crippen molar-refractivity contribution in [3.63, 3.8) is 0 Å². The Morgan fingerprint density at radius 3 is 2.37 bits per heavy atom. The van der Waals surface area contributed by atoms with Crippen molar-refractivity contribution >= 4 is 11.7 Å². The molecule has 0 bridgehead atoms. The summed E-state index contributed by atoms with van der Waals surface area (Å²) in [5, 5.41) is 8.87. The van der Waals surface area contributed by atoms with Crippen molar-refractivity contribution in [3.8, 4) is 11.5 Å². The molecule has 1 unspecified atom stereocenters. The van der Waals surface area contributed by atoms with Crippen LogP contribution in [0.1, 0.15) is 18.9 Å². The third kappa shape index (κ3) is 3.53. The Balaban J connectivity index is 3.13. The summed E-state index contributed by atoms with van der Waals surface area (Å²) in [6.07, 6.45) is 0.0653. The van der Waals surface area contributed by atoms with Gasteiger partial charge in [-0.25, -0.2) is 0 Å². The number of carbonyl (C=O) groups is 1.